The first kappa shape index (κ1) is 16.5. The quantitative estimate of drug-likeness (QED) is 0.646. The minimum atomic E-state index is -0.959. The number of allylic oxidation sites excluding steroid dienone is 3. The number of aromatic hydroxyl groups is 1. The van der Waals surface area contributed by atoms with E-state index in [1.54, 1.807) is 54.7 Å². The Morgan fingerprint density at radius 3 is 2.91 bits per heavy atom. The van der Waals surface area contributed by atoms with Crippen LogP contribution in [0, 0.1) is 0 Å². The second-order valence-corrected chi connectivity index (χ2v) is 5.34. The molecule has 1 atom stereocenters. The SMILES string of the molecule is CC(/C=N\N(C)C1=CCC=CC(C(=O)O)=C1)c1cccc(O)c1. The predicted octanol–water partition coefficient (Wildman–Crippen LogP) is 3.27. The number of carboxylic acids is 1. The molecule has 1 aromatic rings. The first-order valence-electron chi connectivity index (χ1n) is 7.36. The Balaban J connectivity index is 2.11. The van der Waals surface area contributed by atoms with Gasteiger partial charge in [0.1, 0.15) is 5.75 Å². The maximum absolute atomic E-state index is 11.1. The van der Waals surface area contributed by atoms with E-state index in [4.69, 9.17) is 5.11 Å². The molecule has 2 rings (SSSR count). The Bertz CT molecular complexity index is 702. The van der Waals surface area contributed by atoms with Gasteiger partial charge in [0.15, 0.2) is 0 Å². The van der Waals surface area contributed by atoms with Crippen LogP contribution < -0.4 is 0 Å². The molecule has 0 saturated carbocycles. The average molecular weight is 312 g/mol. The van der Waals surface area contributed by atoms with E-state index in [1.807, 2.05) is 19.1 Å². The third-order valence-electron chi connectivity index (χ3n) is 3.54. The van der Waals surface area contributed by atoms with Crippen molar-refractivity contribution >= 4 is 12.2 Å². The molecule has 5 nitrogen and oxygen atoms in total. The second kappa shape index (κ2) is 7.45. The van der Waals surface area contributed by atoms with E-state index in [9.17, 15) is 9.90 Å². The average Bonchev–Trinajstić information content (AvgIpc) is 2.78. The van der Waals surface area contributed by atoms with Crippen molar-refractivity contribution in [2.24, 2.45) is 5.10 Å². The molecule has 0 aromatic heterocycles. The number of phenols is 1. The van der Waals surface area contributed by atoms with Crippen LogP contribution in [0.15, 0.2) is 64.9 Å². The molecule has 0 bridgehead atoms. The topological polar surface area (TPSA) is 73.1 Å². The zero-order valence-corrected chi connectivity index (χ0v) is 13.2. The molecule has 1 unspecified atom stereocenters. The number of nitrogens with zero attached hydrogens (tertiary/aromatic N) is 2. The molecule has 23 heavy (non-hydrogen) atoms. The lowest BCUT2D eigenvalue weighted by Gasteiger charge is -2.15. The van der Waals surface area contributed by atoms with Crippen LogP contribution in [0.4, 0.5) is 0 Å². The predicted molar refractivity (Wildman–Crippen MR) is 90.3 cm³/mol. The molecule has 5 heteroatoms. The van der Waals surface area contributed by atoms with Crippen molar-refractivity contribution in [1.29, 1.82) is 0 Å². The second-order valence-electron chi connectivity index (χ2n) is 5.34. The van der Waals surface area contributed by atoms with E-state index in [0.29, 0.717) is 6.42 Å². The molecule has 120 valence electrons. The number of likely N-dealkylation sites (N-methyl/N-ethyl adjacent to an activating group) is 1. The van der Waals surface area contributed by atoms with Crippen LogP contribution in [0.2, 0.25) is 0 Å². The smallest absolute Gasteiger partial charge is 0.335 e. The summed E-state index contributed by atoms with van der Waals surface area (Å²) in [4.78, 5) is 11.1. The van der Waals surface area contributed by atoms with E-state index < -0.39 is 5.97 Å². The van der Waals surface area contributed by atoms with Gasteiger partial charge in [-0.2, -0.15) is 5.10 Å². The van der Waals surface area contributed by atoms with Gasteiger partial charge in [0.05, 0.1) is 11.3 Å². The number of aliphatic carboxylic acids is 1. The Kier molecular flexibility index (Phi) is 5.36. The number of benzene rings is 1. The van der Waals surface area contributed by atoms with Gasteiger partial charge in [-0.05, 0) is 30.2 Å². The monoisotopic (exact) mass is 312 g/mol. The van der Waals surface area contributed by atoms with Crippen LogP contribution >= 0.6 is 0 Å². The summed E-state index contributed by atoms with van der Waals surface area (Å²) in [5, 5.41) is 24.7. The number of hydrogen-bond acceptors (Lipinski definition) is 4. The highest BCUT2D eigenvalue weighted by atomic mass is 16.4. The largest absolute Gasteiger partial charge is 0.508 e. The first-order chi connectivity index (χ1) is 11.0. The molecule has 2 N–H and O–H groups in total. The van der Waals surface area contributed by atoms with Gasteiger partial charge in [0, 0.05) is 19.2 Å². The summed E-state index contributed by atoms with van der Waals surface area (Å²) in [5.74, 6) is -0.709. The van der Waals surface area contributed by atoms with Crippen LogP contribution in [-0.2, 0) is 4.79 Å². The van der Waals surface area contributed by atoms with E-state index in [0.717, 1.165) is 11.3 Å². The summed E-state index contributed by atoms with van der Waals surface area (Å²) in [6, 6.07) is 7.04. The summed E-state index contributed by atoms with van der Waals surface area (Å²) in [6.45, 7) is 1.98. The van der Waals surface area contributed by atoms with Gasteiger partial charge in [0.25, 0.3) is 0 Å². The number of hydrazone groups is 1. The number of carbonyl (C=O) groups is 1. The highest BCUT2D eigenvalue weighted by Crippen LogP contribution is 2.19. The Labute approximate surface area is 135 Å². The molecule has 1 aliphatic rings. The summed E-state index contributed by atoms with van der Waals surface area (Å²) in [6.07, 6.45) is 9.34. The molecule has 0 spiro atoms. The molecular weight excluding hydrogens is 292 g/mol. The van der Waals surface area contributed by atoms with Gasteiger partial charge < -0.3 is 10.2 Å². The molecule has 0 aliphatic heterocycles. The fourth-order valence-electron chi connectivity index (χ4n) is 2.17. The van der Waals surface area contributed by atoms with E-state index in [-0.39, 0.29) is 17.2 Å². The van der Waals surface area contributed by atoms with Crippen molar-refractivity contribution in [3.05, 3.63) is 65.4 Å². The van der Waals surface area contributed by atoms with Gasteiger partial charge >= 0.3 is 5.97 Å². The summed E-state index contributed by atoms with van der Waals surface area (Å²) < 4.78 is 0. The Morgan fingerprint density at radius 1 is 1.43 bits per heavy atom. The third-order valence-corrected chi connectivity index (χ3v) is 3.54. The molecule has 0 heterocycles. The van der Waals surface area contributed by atoms with Crippen molar-refractivity contribution in [3.8, 4) is 5.75 Å². The van der Waals surface area contributed by atoms with Crippen molar-refractivity contribution in [3.63, 3.8) is 0 Å². The Morgan fingerprint density at radius 2 is 2.22 bits per heavy atom. The highest BCUT2D eigenvalue weighted by molar-refractivity contribution is 5.90. The lowest BCUT2D eigenvalue weighted by molar-refractivity contribution is -0.132. The molecule has 0 amide bonds. The van der Waals surface area contributed by atoms with Gasteiger partial charge in [-0.25, -0.2) is 4.79 Å². The fraction of sp³-hybridized carbons (Fsp3) is 0.222. The summed E-state index contributed by atoms with van der Waals surface area (Å²) in [5.41, 5.74) is 1.92. The number of hydrogen-bond donors (Lipinski definition) is 2. The zero-order chi connectivity index (χ0) is 16.8. The van der Waals surface area contributed by atoms with Gasteiger partial charge in [-0.1, -0.05) is 37.3 Å². The van der Waals surface area contributed by atoms with E-state index >= 15 is 0 Å². The maximum Gasteiger partial charge on any atom is 0.335 e. The molecule has 0 fully saturated rings. The van der Waals surface area contributed by atoms with E-state index in [1.165, 1.54) is 0 Å². The maximum atomic E-state index is 11.1. The van der Waals surface area contributed by atoms with Gasteiger partial charge in [-0.3, -0.25) is 5.01 Å². The first-order valence-corrected chi connectivity index (χ1v) is 7.36. The minimum absolute atomic E-state index is 0.0250. The van der Waals surface area contributed by atoms with Crippen molar-refractivity contribution in [1.82, 2.24) is 5.01 Å². The van der Waals surface area contributed by atoms with Crippen LogP contribution in [0.25, 0.3) is 0 Å². The lowest BCUT2D eigenvalue weighted by Crippen LogP contribution is -2.11. The van der Waals surface area contributed by atoms with Crippen LogP contribution in [0.1, 0.15) is 24.8 Å². The number of carboxylic acid groups (broad SMARTS) is 1. The van der Waals surface area contributed by atoms with Crippen molar-refractivity contribution in [2.75, 3.05) is 7.05 Å². The number of phenolic OH excluding ortho intramolecular Hbond substituents is 1. The number of rotatable bonds is 5. The molecule has 1 aromatic carbocycles. The molecule has 0 saturated heterocycles. The van der Waals surface area contributed by atoms with E-state index in [2.05, 4.69) is 5.10 Å². The highest BCUT2D eigenvalue weighted by Gasteiger charge is 2.10. The van der Waals surface area contributed by atoms with Crippen LogP contribution in [-0.4, -0.2) is 34.5 Å². The summed E-state index contributed by atoms with van der Waals surface area (Å²) in [7, 11) is 1.78. The molecule has 1 aliphatic carbocycles. The normalized spacial score (nSPS) is 15.7. The van der Waals surface area contributed by atoms with Crippen LogP contribution in [0.3, 0.4) is 0 Å². The zero-order valence-electron chi connectivity index (χ0n) is 13.2. The standard InChI is InChI=1S/C18H20N2O3/c1-13(14-7-5-9-17(21)11-14)12-19-20(2)16-8-4-3-6-15(10-16)18(22)23/h3,5-13,21H,4H2,1-2H3,(H,22,23)/b19-12-. The molecule has 0 radical (unpaired) electrons. The molecular formula is C18H20N2O3. The summed E-state index contributed by atoms with van der Waals surface area (Å²) >= 11 is 0. The minimum Gasteiger partial charge on any atom is -0.508 e. The fourth-order valence-corrected chi connectivity index (χ4v) is 2.17. The van der Waals surface area contributed by atoms with Crippen molar-refractivity contribution < 1.29 is 15.0 Å². The van der Waals surface area contributed by atoms with Crippen LogP contribution in [0.5, 0.6) is 5.75 Å². The van der Waals surface area contributed by atoms with Gasteiger partial charge in [0.2, 0.25) is 0 Å². The Hall–Kier alpha value is -2.82. The third kappa shape index (κ3) is 4.57. The van der Waals surface area contributed by atoms with Crippen molar-refractivity contribution in [2.45, 2.75) is 19.3 Å². The van der Waals surface area contributed by atoms with Gasteiger partial charge in [-0.15, -0.1) is 0 Å². The lowest BCUT2D eigenvalue weighted by atomic mass is 10.0.